The van der Waals surface area contributed by atoms with Crippen LogP contribution < -0.4 is 0 Å². The standard InChI is InChI=1S/C16H21F3O3/c1-11(13(20)22-14(2,3)4)10-15(21,16(17,18)19)12-8-6-5-7-9-12/h5-9,11,21H,10H2,1-4H3. The van der Waals surface area contributed by atoms with Gasteiger partial charge in [-0.1, -0.05) is 37.3 Å². The molecule has 0 radical (unpaired) electrons. The van der Waals surface area contributed by atoms with Gasteiger partial charge in [-0.2, -0.15) is 13.2 Å². The second-order valence-electron chi connectivity index (χ2n) is 6.36. The van der Waals surface area contributed by atoms with E-state index in [9.17, 15) is 23.1 Å². The number of carbonyl (C=O) groups is 1. The number of rotatable bonds is 4. The number of benzene rings is 1. The highest BCUT2D eigenvalue weighted by Crippen LogP contribution is 2.43. The SMILES string of the molecule is CC(CC(O)(c1ccccc1)C(F)(F)F)C(=O)OC(C)(C)C. The predicted octanol–water partition coefficient (Wildman–Crippen LogP) is 3.80. The normalized spacial score (nSPS) is 16.7. The van der Waals surface area contributed by atoms with Crippen molar-refractivity contribution in [2.75, 3.05) is 0 Å². The molecule has 2 unspecified atom stereocenters. The molecule has 3 nitrogen and oxygen atoms in total. The summed E-state index contributed by atoms with van der Waals surface area (Å²) in [4.78, 5) is 11.9. The van der Waals surface area contributed by atoms with E-state index in [1.807, 2.05) is 0 Å². The van der Waals surface area contributed by atoms with Crippen molar-refractivity contribution in [3.8, 4) is 0 Å². The molecule has 2 atom stereocenters. The first-order valence-electron chi connectivity index (χ1n) is 6.94. The van der Waals surface area contributed by atoms with E-state index in [1.54, 1.807) is 26.8 Å². The van der Waals surface area contributed by atoms with E-state index in [0.717, 1.165) is 0 Å². The molecule has 0 saturated carbocycles. The molecule has 0 aliphatic rings. The highest BCUT2D eigenvalue weighted by molar-refractivity contribution is 5.72. The maximum Gasteiger partial charge on any atom is 0.421 e. The van der Waals surface area contributed by atoms with Crippen LogP contribution in [0.5, 0.6) is 0 Å². The van der Waals surface area contributed by atoms with E-state index >= 15 is 0 Å². The van der Waals surface area contributed by atoms with Crippen molar-refractivity contribution >= 4 is 5.97 Å². The average molecular weight is 318 g/mol. The molecular formula is C16H21F3O3. The van der Waals surface area contributed by atoms with Crippen LogP contribution in [0.3, 0.4) is 0 Å². The number of halogens is 3. The largest absolute Gasteiger partial charge is 0.460 e. The quantitative estimate of drug-likeness (QED) is 0.859. The Kier molecular flexibility index (Phi) is 5.28. The summed E-state index contributed by atoms with van der Waals surface area (Å²) in [7, 11) is 0. The maximum absolute atomic E-state index is 13.3. The Morgan fingerprint density at radius 1 is 1.18 bits per heavy atom. The molecular weight excluding hydrogens is 297 g/mol. The van der Waals surface area contributed by atoms with Crippen LogP contribution in [0.4, 0.5) is 13.2 Å². The highest BCUT2D eigenvalue weighted by Gasteiger charge is 2.56. The van der Waals surface area contributed by atoms with Gasteiger partial charge < -0.3 is 9.84 Å². The number of ether oxygens (including phenoxy) is 1. The van der Waals surface area contributed by atoms with E-state index in [1.165, 1.54) is 31.2 Å². The minimum Gasteiger partial charge on any atom is -0.460 e. The first-order chi connectivity index (χ1) is 9.87. The van der Waals surface area contributed by atoms with Crippen molar-refractivity contribution in [2.24, 2.45) is 5.92 Å². The molecule has 0 heterocycles. The molecule has 0 aromatic heterocycles. The number of aliphatic hydroxyl groups is 1. The molecule has 0 aliphatic heterocycles. The lowest BCUT2D eigenvalue weighted by Crippen LogP contribution is -2.45. The number of hydrogen-bond donors (Lipinski definition) is 1. The van der Waals surface area contributed by atoms with Crippen LogP contribution in [0.2, 0.25) is 0 Å². The van der Waals surface area contributed by atoms with Gasteiger partial charge in [0.05, 0.1) is 5.92 Å². The van der Waals surface area contributed by atoms with Crippen molar-refractivity contribution in [3.63, 3.8) is 0 Å². The molecule has 6 heteroatoms. The van der Waals surface area contributed by atoms with E-state index in [2.05, 4.69) is 0 Å². The summed E-state index contributed by atoms with van der Waals surface area (Å²) in [5.41, 5.74) is -4.18. The summed E-state index contributed by atoms with van der Waals surface area (Å²) in [6, 6.07) is 6.75. The minimum absolute atomic E-state index is 0.294. The van der Waals surface area contributed by atoms with E-state index in [0.29, 0.717) is 0 Å². The lowest BCUT2D eigenvalue weighted by molar-refractivity contribution is -0.272. The molecule has 0 bridgehead atoms. The lowest BCUT2D eigenvalue weighted by atomic mass is 9.84. The van der Waals surface area contributed by atoms with E-state index < -0.39 is 35.7 Å². The van der Waals surface area contributed by atoms with Gasteiger partial charge >= 0.3 is 12.1 Å². The molecule has 1 rings (SSSR count). The van der Waals surface area contributed by atoms with Crippen LogP contribution in [0.25, 0.3) is 0 Å². The van der Waals surface area contributed by atoms with Gasteiger partial charge in [0, 0.05) is 6.42 Å². The minimum atomic E-state index is -4.90. The Morgan fingerprint density at radius 2 is 1.68 bits per heavy atom. The van der Waals surface area contributed by atoms with Crippen LogP contribution in [0.1, 0.15) is 39.7 Å². The fourth-order valence-corrected chi connectivity index (χ4v) is 2.04. The maximum atomic E-state index is 13.3. The zero-order valence-electron chi connectivity index (χ0n) is 13.1. The molecule has 1 aromatic rings. The molecule has 1 aromatic carbocycles. The van der Waals surface area contributed by atoms with Crippen LogP contribution in [0.15, 0.2) is 30.3 Å². The van der Waals surface area contributed by atoms with E-state index in [4.69, 9.17) is 4.74 Å². The van der Waals surface area contributed by atoms with Crippen molar-refractivity contribution in [2.45, 2.75) is 51.5 Å². The molecule has 124 valence electrons. The Morgan fingerprint density at radius 3 is 2.09 bits per heavy atom. The summed E-state index contributed by atoms with van der Waals surface area (Å²) < 4.78 is 45.1. The van der Waals surface area contributed by atoms with Crippen molar-refractivity contribution in [3.05, 3.63) is 35.9 Å². The summed E-state index contributed by atoms with van der Waals surface area (Å²) in [5.74, 6) is -1.88. The molecule has 0 spiro atoms. The molecule has 0 saturated heterocycles. The third kappa shape index (κ3) is 4.47. The van der Waals surface area contributed by atoms with Crippen molar-refractivity contribution < 1.29 is 27.8 Å². The number of hydrogen-bond acceptors (Lipinski definition) is 3. The van der Waals surface area contributed by atoms with Crippen molar-refractivity contribution in [1.82, 2.24) is 0 Å². The zero-order valence-corrected chi connectivity index (χ0v) is 13.1. The first kappa shape index (κ1) is 18.5. The first-order valence-corrected chi connectivity index (χ1v) is 6.94. The summed E-state index contributed by atoms with van der Waals surface area (Å²) >= 11 is 0. The molecule has 1 N–H and O–H groups in total. The predicted molar refractivity (Wildman–Crippen MR) is 76.0 cm³/mol. The van der Waals surface area contributed by atoms with Gasteiger partial charge in [0.25, 0.3) is 0 Å². The van der Waals surface area contributed by atoms with Crippen molar-refractivity contribution in [1.29, 1.82) is 0 Å². The van der Waals surface area contributed by atoms with Crippen LogP contribution in [-0.2, 0) is 15.1 Å². The summed E-state index contributed by atoms with van der Waals surface area (Å²) in [6.07, 6.45) is -5.69. The third-order valence-corrected chi connectivity index (χ3v) is 3.13. The topological polar surface area (TPSA) is 46.5 Å². The average Bonchev–Trinajstić information content (AvgIpc) is 2.36. The van der Waals surface area contributed by atoms with Gasteiger partial charge in [-0.3, -0.25) is 4.79 Å². The fraction of sp³-hybridized carbons (Fsp3) is 0.562. The van der Waals surface area contributed by atoms with Gasteiger partial charge in [0.15, 0.2) is 5.60 Å². The van der Waals surface area contributed by atoms with Gasteiger partial charge in [0.1, 0.15) is 5.60 Å². The molecule has 0 fully saturated rings. The lowest BCUT2D eigenvalue weighted by Gasteiger charge is -2.33. The fourth-order valence-electron chi connectivity index (χ4n) is 2.04. The Balaban J connectivity index is 3.04. The number of alkyl halides is 3. The van der Waals surface area contributed by atoms with Crippen LogP contribution >= 0.6 is 0 Å². The number of carbonyl (C=O) groups excluding carboxylic acids is 1. The van der Waals surface area contributed by atoms with Crippen LogP contribution in [-0.4, -0.2) is 22.9 Å². The van der Waals surface area contributed by atoms with Gasteiger partial charge in [-0.15, -0.1) is 0 Å². The summed E-state index contributed by atoms with van der Waals surface area (Å²) in [5, 5.41) is 10.2. The van der Waals surface area contributed by atoms with Gasteiger partial charge in [-0.05, 0) is 26.3 Å². The van der Waals surface area contributed by atoms with Crippen LogP contribution in [0, 0.1) is 5.92 Å². The van der Waals surface area contributed by atoms with Gasteiger partial charge in [-0.25, -0.2) is 0 Å². The monoisotopic (exact) mass is 318 g/mol. The highest BCUT2D eigenvalue weighted by atomic mass is 19.4. The van der Waals surface area contributed by atoms with Gasteiger partial charge in [0.2, 0.25) is 0 Å². The second-order valence-corrected chi connectivity index (χ2v) is 6.36. The second kappa shape index (κ2) is 6.28. The molecule has 0 aliphatic carbocycles. The Hall–Kier alpha value is -1.56. The Bertz CT molecular complexity index is 506. The summed E-state index contributed by atoms with van der Waals surface area (Å²) in [6.45, 7) is 6.20. The molecule has 22 heavy (non-hydrogen) atoms. The third-order valence-electron chi connectivity index (χ3n) is 3.13. The zero-order chi connectivity index (χ0) is 17.2. The molecule has 0 amide bonds. The number of esters is 1. The van der Waals surface area contributed by atoms with E-state index in [-0.39, 0.29) is 5.56 Å². The Labute approximate surface area is 128 Å². The smallest absolute Gasteiger partial charge is 0.421 e.